The summed E-state index contributed by atoms with van der Waals surface area (Å²) in [6.07, 6.45) is 9.87. The van der Waals surface area contributed by atoms with Gasteiger partial charge in [-0.15, -0.1) is 0 Å². The van der Waals surface area contributed by atoms with Gasteiger partial charge in [0.15, 0.2) is 11.0 Å². The van der Waals surface area contributed by atoms with E-state index in [4.69, 9.17) is 9.15 Å². The molecule has 0 fully saturated rings. The summed E-state index contributed by atoms with van der Waals surface area (Å²) in [7, 11) is 0. The maximum Gasteiger partial charge on any atom is 0.374 e. The zero-order valence-corrected chi connectivity index (χ0v) is 20.0. The van der Waals surface area contributed by atoms with Crippen molar-refractivity contribution in [2.24, 2.45) is 0 Å². The van der Waals surface area contributed by atoms with E-state index in [2.05, 4.69) is 12.2 Å². The molecule has 0 aliphatic rings. The van der Waals surface area contributed by atoms with Gasteiger partial charge in [0.1, 0.15) is 0 Å². The molecule has 3 aromatic rings. The molecule has 3 rings (SSSR count). The fraction of sp³-hybridized carbons (Fsp3) is 0.393. The van der Waals surface area contributed by atoms with Gasteiger partial charge in [-0.1, -0.05) is 63.6 Å². The van der Waals surface area contributed by atoms with Gasteiger partial charge in [0.2, 0.25) is 5.76 Å². The first kappa shape index (κ1) is 25.2. The van der Waals surface area contributed by atoms with Crippen molar-refractivity contribution in [3.05, 3.63) is 75.6 Å². The Morgan fingerprint density at radius 2 is 1.62 bits per heavy atom. The van der Waals surface area contributed by atoms with Crippen LogP contribution in [0.4, 0.5) is 5.69 Å². The molecule has 0 spiro atoms. The van der Waals surface area contributed by atoms with E-state index in [1.165, 1.54) is 44.1 Å². The van der Waals surface area contributed by atoms with Gasteiger partial charge in [0.25, 0.3) is 5.91 Å². The lowest BCUT2D eigenvalue weighted by molar-refractivity contribution is 0.0490. The van der Waals surface area contributed by atoms with E-state index in [0.717, 1.165) is 18.9 Å². The quantitative estimate of drug-likeness (QED) is 0.244. The number of carbonyl (C=O) groups is 2. The molecule has 180 valence electrons. The second-order valence-electron chi connectivity index (χ2n) is 8.40. The largest absolute Gasteiger partial charge is 0.460 e. The van der Waals surface area contributed by atoms with Crippen molar-refractivity contribution < 1.29 is 18.7 Å². The summed E-state index contributed by atoms with van der Waals surface area (Å²) in [4.78, 5) is 37.3. The Balaban J connectivity index is 1.65. The van der Waals surface area contributed by atoms with E-state index in [1.54, 1.807) is 37.3 Å². The Labute approximate surface area is 200 Å². The zero-order chi connectivity index (χ0) is 24.3. The molecule has 0 atom stereocenters. The highest BCUT2D eigenvalue weighted by Crippen LogP contribution is 2.23. The lowest BCUT2D eigenvalue weighted by atomic mass is 10.0. The van der Waals surface area contributed by atoms with Crippen LogP contribution in [-0.4, -0.2) is 18.5 Å². The van der Waals surface area contributed by atoms with Crippen molar-refractivity contribution in [1.82, 2.24) is 0 Å². The Hall–Kier alpha value is -3.41. The number of hydrogen-bond donors (Lipinski definition) is 1. The molecule has 0 aliphatic heterocycles. The van der Waals surface area contributed by atoms with E-state index < -0.39 is 5.97 Å². The van der Waals surface area contributed by atoms with Crippen LogP contribution in [0.2, 0.25) is 0 Å². The number of ether oxygens (including phenoxy) is 1. The Bertz CT molecular complexity index is 1160. The molecule has 1 N–H and O–H groups in total. The van der Waals surface area contributed by atoms with Gasteiger partial charge in [0, 0.05) is 11.6 Å². The Kier molecular flexibility index (Phi) is 9.44. The van der Waals surface area contributed by atoms with Crippen LogP contribution < -0.4 is 10.7 Å². The van der Waals surface area contributed by atoms with Crippen LogP contribution in [0.3, 0.4) is 0 Å². The van der Waals surface area contributed by atoms with Crippen molar-refractivity contribution in [2.45, 2.75) is 65.2 Å². The summed E-state index contributed by atoms with van der Waals surface area (Å²) in [5.41, 5.74) is 1.79. The molecule has 6 nitrogen and oxygen atoms in total. The van der Waals surface area contributed by atoms with E-state index in [0.29, 0.717) is 11.3 Å². The first-order chi connectivity index (χ1) is 16.5. The van der Waals surface area contributed by atoms with E-state index in [-0.39, 0.29) is 34.7 Å². The standard InChI is InChI=1S/C28H33NO5/c1-3-5-6-7-8-9-10-12-20-15-17-21(18-16-20)27(31)29-23-14-11-13-22-24(30)19-25(34-26(22)23)28(32)33-4-2/h11,13-19H,3-10,12H2,1-2H3,(H,29,31). The smallest absolute Gasteiger partial charge is 0.374 e. The Morgan fingerprint density at radius 3 is 2.32 bits per heavy atom. The van der Waals surface area contributed by atoms with Crippen molar-refractivity contribution in [3.63, 3.8) is 0 Å². The minimum atomic E-state index is -0.723. The highest BCUT2D eigenvalue weighted by molar-refractivity contribution is 6.08. The fourth-order valence-corrected chi connectivity index (χ4v) is 3.88. The second kappa shape index (κ2) is 12.7. The van der Waals surface area contributed by atoms with E-state index >= 15 is 0 Å². The molecule has 6 heteroatoms. The van der Waals surface area contributed by atoms with Gasteiger partial charge in [-0.05, 0) is 49.6 Å². The van der Waals surface area contributed by atoms with Gasteiger partial charge in [0.05, 0.1) is 17.7 Å². The molecule has 0 saturated heterocycles. The zero-order valence-electron chi connectivity index (χ0n) is 20.0. The molecular formula is C28H33NO5. The van der Waals surface area contributed by atoms with Crippen LogP contribution in [0, 0.1) is 0 Å². The average Bonchev–Trinajstić information content (AvgIpc) is 2.84. The molecule has 1 aromatic heterocycles. The molecule has 0 unspecified atom stereocenters. The minimum Gasteiger partial charge on any atom is -0.460 e. The second-order valence-corrected chi connectivity index (χ2v) is 8.40. The maximum absolute atomic E-state index is 12.8. The maximum atomic E-state index is 12.8. The van der Waals surface area contributed by atoms with Gasteiger partial charge < -0.3 is 14.5 Å². The van der Waals surface area contributed by atoms with E-state index in [9.17, 15) is 14.4 Å². The molecule has 0 aliphatic carbocycles. The molecule has 1 heterocycles. The number of unbranched alkanes of at least 4 members (excludes halogenated alkanes) is 6. The summed E-state index contributed by atoms with van der Waals surface area (Å²) in [5, 5.41) is 3.07. The summed E-state index contributed by atoms with van der Waals surface area (Å²) < 4.78 is 10.6. The average molecular weight is 464 g/mol. The lowest BCUT2D eigenvalue weighted by Crippen LogP contribution is -2.14. The Morgan fingerprint density at radius 1 is 0.912 bits per heavy atom. The number of carbonyl (C=O) groups excluding carboxylic acids is 2. The third-order valence-corrected chi connectivity index (χ3v) is 5.76. The first-order valence-corrected chi connectivity index (χ1v) is 12.2. The number of para-hydroxylation sites is 1. The molecular weight excluding hydrogens is 430 g/mol. The number of hydrogen-bond acceptors (Lipinski definition) is 5. The van der Waals surface area contributed by atoms with Crippen LogP contribution in [0.1, 0.15) is 85.3 Å². The molecule has 2 aromatic carbocycles. The monoisotopic (exact) mass is 463 g/mol. The highest BCUT2D eigenvalue weighted by Gasteiger charge is 2.16. The number of nitrogens with one attached hydrogen (secondary N) is 1. The number of anilines is 1. The third-order valence-electron chi connectivity index (χ3n) is 5.76. The van der Waals surface area contributed by atoms with Gasteiger partial charge in [-0.2, -0.15) is 0 Å². The van der Waals surface area contributed by atoms with E-state index in [1.807, 2.05) is 12.1 Å². The molecule has 1 amide bonds. The van der Waals surface area contributed by atoms with Gasteiger partial charge in [-0.25, -0.2) is 4.79 Å². The molecule has 34 heavy (non-hydrogen) atoms. The molecule has 0 radical (unpaired) electrons. The van der Waals surface area contributed by atoms with Crippen LogP contribution in [0.15, 0.2) is 57.7 Å². The number of aryl methyl sites for hydroxylation is 1. The van der Waals surface area contributed by atoms with Crippen LogP contribution in [-0.2, 0) is 11.2 Å². The SMILES string of the molecule is CCCCCCCCCc1ccc(C(=O)Nc2cccc3c(=O)cc(C(=O)OCC)oc23)cc1. The third kappa shape index (κ3) is 6.80. The van der Waals surface area contributed by atoms with Gasteiger partial charge >= 0.3 is 5.97 Å². The van der Waals surface area contributed by atoms with Crippen LogP contribution in [0.5, 0.6) is 0 Å². The molecule has 0 bridgehead atoms. The topological polar surface area (TPSA) is 85.6 Å². The fourth-order valence-electron chi connectivity index (χ4n) is 3.88. The minimum absolute atomic E-state index is 0.141. The number of amides is 1. The number of esters is 1. The number of benzene rings is 2. The van der Waals surface area contributed by atoms with Crippen molar-refractivity contribution in [2.75, 3.05) is 11.9 Å². The van der Waals surface area contributed by atoms with Crippen molar-refractivity contribution in [3.8, 4) is 0 Å². The van der Waals surface area contributed by atoms with Crippen molar-refractivity contribution in [1.29, 1.82) is 0 Å². The van der Waals surface area contributed by atoms with Crippen LogP contribution >= 0.6 is 0 Å². The van der Waals surface area contributed by atoms with Crippen molar-refractivity contribution >= 4 is 28.5 Å². The molecule has 0 saturated carbocycles. The normalized spacial score (nSPS) is 10.9. The summed E-state index contributed by atoms with van der Waals surface area (Å²) >= 11 is 0. The number of rotatable bonds is 12. The van der Waals surface area contributed by atoms with Gasteiger partial charge in [-0.3, -0.25) is 9.59 Å². The predicted octanol–water partition coefficient (Wildman–Crippen LogP) is 6.52. The first-order valence-electron chi connectivity index (χ1n) is 12.2. The summed E-state index contributed by atoms with van der Waals surface area (Å²) in [6.45, 7) is 4.06. The predicted molar refractivity (Wildman–Crippen MR) is 135 cm³/mol. The number of fused-ring (bicyclic) bond motifs is 1. The highest BCUT2D eigenvalue weighted by atomic mass is 16.5. The summed E-state index contributed by atoms with van der Waals surface area (Å²) in [5.74, 6) is -1.24. The lowest BCUT2D eigenvalue weighted by Gasteiger charge is -2.09. The van der Waals surface area contributed by atoms with Crippen LogP contribution in [0.25, 0.3) is 11.0 Å². The summed E-state index contributed by atoms with van der Waals surface area (Å²) in [6, 6.07) is 13.5.